The van der Waals surface area contributed by atoms with E-state index in [1.165, 1.54) is 46.6 Å². The van der Waals surface area contributed by atoms with E-state index in [9.17, 15) is 28.1 Å². The van der Waals surface area contributed by atoms with Crippen LogP contribution < -0.4 is 4.90 Å². The SMILES string of the molecule is O=C(c1ccccc1C(F)(F)F)N1CCN(c2nc3ccc([N+](=O)[O-])cc3s2)CC1. The number of thiazole rings is 1. The van der Waals surface area contributed by atoms with E-state index in [4.69, 9.17) is 0 Å². The van der Waals surface area contributed by atoms with Crippen molar-refractivity contribution >= 4 is 38.3 Å². The van der Waals surface area contributed by atoms with Gasteiger partial charge in [0.05, 0.1) is 26.3 Å². The number of nitrogens with zero attached hydrogens (tertiary/aromatic N) is 4. The molecule has 0 aliphatic carbocycles. The number of nitro benzene ring substituents is 1. The molecule has 1 aliphatic heterocycles. The van der Waals surface area contributed by atoms with Crippen molar-refractivity contribution in [2.24, 2.45) is 0 Å². The van der Waals surface area contributed by atoms with E-state index in [-0.39, 0.29) is 24.3 Å². The van der Waals surface area contributed by atoms with Gasteiger partial charge in [0.15, 0.2) is 5.13 Å². The monoisotopic (exact) mass is 436 g/mol. The second kappa shape index (κ2) is 7.56. The van der Waals surface area contributed by atoms with Gasteiger partial charge in [0.1, 0.15) is 0 Å². The Morgan fingerprint density at radius 2 is 1.80 bits per heavy atom. The van der Waals surface area contributed by atoms with Crippen LogP contribution in [0.3, 0.4) is 0 Å². The van der Waals surface area contributed by atoms with Gasteiger partial charge in [-0.15, -0.1) is 0 Å². The van der Waals surface area contributed by atoms with Gasteiger partial charge in [-0.3, -0.25) is 14.9 Å². The number of nitro groups is 1. The van der Waals surface area contributed by atoms with Crippen LogP contribution in [0.15, 0.2) is 42.5 Å². The number of hydrogen-bond acceptors (Lipinski definition) is 6. The van der Waals surface area contributed by atoms with Gasteiger partial charge in [-0.25, -0.2) is 4.98 Å². The van der Waals surface area contributed by atoms with E-state index in [1.54, 1.807) is 6.07 Å². The summed E-state index contributed by atoms with van der Waals surface area (Å²) in [6.45, 7) is 1.31. The van der Waals surface area contributed by atoms with Gasteiger partial charge < -0.3 is 9.80 Å². The zero-order valence-electron chi connectivity index (χ0n) is 15.4. The van der Waals surface area contributed by atoms with Gasteiger partial charge in [-0.05, 0) is 18.2 Å². The minimum Gasteiger partial charge on any atom is -0.345 e. The average molecular weight is 436 g/mol. The Balaban J connectivity index is 1.49. The standard InChI is InChI=1S/C19H15F3N4O3S/c20-19(21,22)14-4-2-1-3-13(14)17(27)24-7-9-25(10-8-24)18-23-15-6-5-12(26(28)29)11-16(15)30-18/h1-6,11H,7-10H2. The Kier molecular flexibility index (Phi) is 5.06. The van der Waals surface area contributed by atoms with Crippen LogP contribution in [0.2, 0.25) is 0 Å². The third kappa shape index (κ3) is 3.80. The quantitative estimate of drug-likeness (QED) is 0.455. The van der Waals surface area contributed by atoms with Gasteiger partial charge in [-0.1, -0.05) is 23.5 Å². The molecule has 0 N–H and O–H groups in total. The molecule has 2 heterocycles. The molecule has 7 nitrogen and oxygen atoms in total. The molecule has 1 aromatic heterocycles. The number of rotatable bonds is 3. The highest BCUT2D eigenvalue weighted by Crippen LogP contribution is 2.34. The number of carbonyl (C=O) groups is 1. The third-order valence-corrected chi connectivity index (χ3v) is 5.95. The molecule has 0 radical (unpaired) electrons. The number of aromatic nitrogens is 1. The molecule has 156 valence electrons. The smallest absolute Gasteiger partial charge is 0.345 e. The van der Waals surface area contributed by atoms with E-state index in [1.807, 2.05) is 4.90 Å². The second-order valence-electron chi connectivity index (χ2n) is 6.73. The molecule has 0 unspecified atom stereocenters. The van der Waals surface area contributed by atoms with E-state index < -0.39 is 22.6 Å². The lowest BCUT2D eigenvalue weighted by atomic mass is 10.1. The molecule has 4 rings (SSSR count). The molecule has 1 saturated heterocycles. The Morgan fingerprint density at radius 1 is 1.10 bits per heavy atom. The molecule has 1 aliphatic rings. The Morgan fingerprint density at radius 3 is 2.47 bits per heavy atom. The topological polar surface area (TPSA) is 79.6 Å². The molecule has 0 saturated carbocycles. The summed E-state index contributed by atoms with van der Waals surface area (Å²) in [4.78, 5) is 30.9. The number of alkyl halides is 3. The second-order valence-corrected chi connectivity index (χ2v) is 7.74. The highest BCUT2D eigenvalue weighted by Gasteiger charge is 2.36. The lowest BCUT2D eigenvalue weighted by molar-refractivity contribution is -0.384. The van der Waals surface area contributed by atoms with Gasteiger partial charge in [-0.2, -0.15) is 13.2 Å². The lowest BCUT2D eigenvalue weighted by Crippen LogP contribution is -2.49. The van der Waals surface area contributed by atoms with Crippen LogP contribution in [0.4, 0.5) is 24.0 Å². The first-order valence-corrected chi connectivity index (χ1v) is 9.81. The van der Waals surface area contributed by atoms with Crippen LogP contribution >= 0.6 is 11.3 Å². The summed E-state index contributed by atoms with van der Waals surface area (Å²) in [7, 11) is 0. The maximum Gasteiger partial charge on any atom is 0.417 e. The van der Waals surface area contributed by atoms with Crippen LogP contribution in [-0.2, 0) is 6.18 Å². The number of halogens is 3. The molecule has 2 aromatic carbocycles. The predicted octanol–water partition coefficient (Wildman–Crippen LogP) is 4.19. The zero-order chi connectivity index (χ0) is 21.5. The summed E-state index contributed by atoms with van der Waals surface area (Å²) < 4.78 is 40.3. The fraction of sp³-hybridized carbons (Fsp3) is 0.263. The number of non-ortho nitro benzene ring substituents is 1. The first kappa shape index (κ1) is 20.1. The normalized spacial score (nSPS) is 14.9. The van der Waals surface area contributed by atoms with Crippen LogP contribution in [0.5, 0.6) is 0 Å². The number of benzene rings is 2. The van der Waals surface area contributed by atoms with E-state index in [2.05, 4.69) is 4.98 Å². The first-order valence-electron chi connectivity index (χ1n) is 8.99. The molecule has 1 amide bonds. The first-order chi connectivity index (χ1) is 14.2. The minimum atomic E-state index is -4.60. The van der Waals surface area contributed by atoms with Crippen molar-refractivity contribution in [2.75, 3.05) is 31.1 Å². The van der Waals surface area contributed by atoms with Gasteiger partial charge >= 0.3 is 6.18 Å². The highest BCUT2D eigenvalue weighted by molar-refractivity contribution is 7.22. The Bertz CT molecular complexity index is 1120. The number of carbonyl (C=O) groups excluding carboxylic acids is 1. The van der Waals surface area contributed by atoms with Crippen molar-refractivity contribution in [3.63, 3.8) is 0 Å². The predicted molar refractivity (Wildman–Crippen MR) is 106 cm³/mol. The Labute approximate surface area is 172 Å². The summed E-state index contributed by atoms with van der Waals surface area (Å²) in [6, 6.07) is 9.21. The molecule has 30 heavy (non-hydrogen) atoms. The maximum atomic E-state index is 13.2. The fourth-order valence-corrected chi connectivity index (χ4v) is 4.39. The van der Waals surface area contributed by atoms with Crippen molar-refractivity contribution in [2.45, 2.75) is 6.18 Å². The number of fused-ring (bicyclic) bond motifs is 1. The minimum absolute atomic E-state index is 0.0172. The summed E-state index contributed by atoms with van der Waals surface area (Å²) in [5.41, 5.74) is -0.675. The summed E-state index contributed by atoms with van der Waals surface area (Å²) in [5.74, 6) is -0.650. The number of amides is 1. The lowest BCUT2D eigenvalue weighted by Gasteiger charge is -2.35. The molecular weight excluding hydrogens is 421 g/mol. The van der Waals surface area contributed by atoms with E-state index in [0.717, 1.165) is 6.07 Å². The number of piperazine rings is 1. The summed E-state index contributed by atoms with van der Waals surface area (Å²) in [6.07, 6.45) is -4.60. The maximum absolute atomic E-state index is 13.2. The molecule has 11 heteroatoms. The Hall–Kier alpha value is -3.21. The summed E-state index contributed by atoms with van der Waals surface area (Å²) in [5, 5.41) is 11.6. The largest absolute Gasteiger partial charge is 0.417 e. The third-order valence-electron chi connectivity index (χ3n) is 4.87. The van der Waals surface area contributed by atoms with E-state index in [0.29, 0.717) is 28.4 Å². The number of hydrogen-bond donors (Lipinski definition) is 0. The van der Waals surface area contributed by atoms with Crippen molar-refractivity contribution < 1.29 is 22.9 Å². The van der Waals surface area contributed by atoms with Gasteiger partial charge in [0, 0.05) is 38.3 Å². The van der Waals surface area contributed by atoms with Crippen molar-refractivity contribution in [1.82, 2.24) is 9.88 Å². The molecule has 3 aromatic rings. The van der Waals surface area contributed by atoms with Crippen LogP contribution in [0, 0.1) is 10.1 Å². The van der Waals surface area contributed by atoms with Crippen LogP contribution in [0.1, 0.15) is 15.9 Å². The summed E-state index contributed by atoms with van der Waals surface area (Å²) >= 11 is 1.31. The molecular formula is C19H15F3N4O3S. The number of anilines is 1. The van der Waals surface area contributed by atoms with Gasteiger partial charge in [0.2, 0.25) is 0 Å². The average Bonchev–Trinajstić information content (AvgIpc) is 3.16. The molecule has 0 atom stereocenters. The van der Waals surface area contributed by atoms with Crippen molar-refractivity contribution in [3.8, 4) is 0 Å². The van der Waals surface area contributed by atoms with Crippen molar-refractivity contribution in [3.05, 3.63) is 63.7 Å². The van der Waals surface area contributed by atoms with Crippen molar-refractivity contribution in [1.29, 1.82) is 0 Å². The van der Waals surface area contributed by atoms with Crippen LogP contribution in [0.25, 0.3) is 10.2 Å². The van der Waals surface area contributed by atoms with E-state index >= 15 is 0 Å². The zero-order valence-corrected chi connectivity index (χ0v) is 16.2. The molecule has 0 bridgehead atoms. The van der Waals surface area contributed by atoms with Crippen LogP contribution in [-0.4, -0.2) is 46.9 Å². The molecule has 0 spiro atoms. The fourth-order valence-electron chi connectivity index (χ4n) is 3.34. The highest BCUT2D eigenvalue weighted by atomic mass is 32.1. The van der Waals surface area contributed by atoms with Gasteiger partial charge in [0.25, 0.3) is 11.6 Å². The molecule has 1 fully saturated rings.